The first-order valence-corrected chi connectivity index (χ1v) is 5.97. The zero-order chi connectivity index (χ0) is 5.70. The predicted molar refractivity (Wildman–Crippen MR) is 32.5 cm³/mol. The Morgan fingerprint density at radius 3 is 1.12 bits per heavy atom. The molecule has 46 valence electrons. The van der Waals surface area contributed by atoms with Crippen LogP contribution in [0.15, 0.2) is 0 Å². The molecule has 0 aromatic carbocycles. The van der Waals surface area contributed by atoms with Crippen molar-refractivity contribution in [3.05, 3.63) is 0 Å². The molecule has 0 spiro atoms. The Kier molecular flexibility index (Phi) is 13.1. The summed E-state index contributed by atoms with van der Waals surface area (Å²) in [5, 5.41) is 0. The van der Waals surface area contributed by atoms with Crippen molar-refractivity contribution in [1.82, 2.24) is 0 Å². The second-order valence-electron chi connectivity index (χ2n) is 0.996. The summed E-state index contributed by atoms with van der Waals surface area (Å²) in [6.07, 6.45) is 0. The maximum atomic E-state index is 4.81. The van der Waals surface area contributed by atoms with Crippen LogP contribution in [0.3, 0.4) is 0 Å². The maximum Gasteiger partial charge on any atom is 0 e. The Labute approximate surface area is 76.0 Å². The van der Waals surface area contributed by atoms with Crippen LogP contribution >= 0.6 is 0 Å². The van der Waals surface area contributed by atoms with Gasteiger partial charge in [0.05, 0.1) is 0 Å². The second-order valence-corrected chi connectivity index (χ2v) is 6.68. The van der Waals surface area contributed by atoms with Gasteiger partial charge in [-0.05, 0) is 0 Å². The molecule has 0 heterocycles. The SMILES string of the molecule is C[O][In]([O]C)[O]C.[Sn]. The first-order chi connectivity index (χ1) is 3.35. The summed E-state index contributed by atoms with van der Waals surface area (Å²) in [5.41, 5.74) is 0. The van der Waals surface area contributed by atoms with Crippen LogP contribution in [0.1, 0.15) is 0 Å². The van der Waals surface area contributed by atoms with Gasteiger partial charge in [0.15, 0.2) is 0 Å². The van der Waals surface area contributed by atoms with Crippen LogP contribution in [0.2, 0.25) is 0 Å². The summed E-state index contributed by atoms with van der Waals surface area (Å²) in [5.74, 6) is 0. The van der Waals surface area contributed by atoms with Crippen molar-refractivity contribution in [2.24, 2.45) is 0 Å². The fourth-order valence-electron chi connectivity index (χ4n) is 0.289. The van der Waals surface area contributed by atoms with Gasteiger partial charge in [0.25, 0.3) is 0 Å². The minimum Gasteiger partial charge on any atom is 0 e. The van der Waals surface area contributed by atoms with E-state index in [2.05, 4.69) is 0 Å². The molecule has 8 heavy (non-hydrogen) atoms. The first-order valence-electron chi connectivity index (χ1n) is 1.93. The Morgan fingerprint density at radius 2 is 1.12 bits per heavy atom. The van der Waals surface area contributed by atoms with Crippen molar-refractivity contribution in [3.63, 3.8) is 0 Å². The molecule has 0 aromatic heterocycles. The smallest absolute Gasteiger partial charge is 0 e. The van der Waals surface area contributed by atoms with E-state index >= 15 is 0 Å². The zero-order valence-electron chi connectivity index (χ0n) is 5.30. The Balaban J connectivity index is 0. The van der Waals surface area contributed by atoms with Gasteiger partial charge >= 0.3 is 52.6 Å². The minimum atomic E-state index is -2.26. The van der Waals surface area contributed by atoms with Crippen LogP contribution in [-0.4, -0.2) is 68.0 Å². The van der Waals surface area contributed by atoms with Gasteiger partial charge in [0, 0.05) is 23.9 Å². The van der Waals surface area contributed by atoms with E-state index in [0.29, 0.717) is 0 Å². The van der Waals surface area contributed by atoms with Crippen molar-refractivity contribution >= 4 is 46.7 Å². The van der Waals surface area contributed by atoms with Gasteiger partial charge in [-0.25, -0.2) is 0 Å². The molecular formula is C3H9InO3Sn. The molecular weight excluding hydrogens is 318 g/mol. The molecule has 0 bridgehead atoms. The molecule has 0 amide bonds. The summed E-state index contributed by atoms with van der Waals surface area (Å²) in [6.45, 7) is 0. The van der Waals surface area contributed by atoms with E-state index in [-0.39, 0.29) is 23.9 Å². The normalized spacial score (nSPS) is 7.88. The Morgan fingerprint density at radius 1 is 0.875 bits per heavy atom. The number of rotatable bonds is 3. The minimum absolute atomic E-state index is 0. The van der Waals surface area contributed by atoms with Crippen molar-refractivity contribution < 1.29 is 8.56 Å². The molecule has 0 N–H and O–H groups in total. The monoisotopic (exact) mass is 328 g/mol. The van der Waals surface area contributed by atoms with Crippen molar-refractivity contribution in [2.45, 2.75) is 0 Å². The Bertz CT molecular complexity index is 36.0. The third-order valence-corrected chi connectivity index (χ3v) is 3.87. The molecule has 0 rings (SSSR count). The van der Waals surface area contributed by atoms with E-state index in [0.717, 1.165) is 0 Å². The molecule has 0 aromatic rings. The summed E-state index contributed by atoms with van der Waals surface area (Å²) in [6, 6.07) is 0. The van der Waals surface area contributed by atoms with Crippen LogP contribution in [0.4, 0.5) is 0 Å². The molecule has 0 atom stereocenters. The van der Waals surface area contributed by atoms with Gasteiger partial charge in [-0.3, -0.25) is 0 Å². The fourth-order valence-corrected chi connectivity index (χ4v) is 1.94. The van der Waals surface area contributed by atoms with Crippen molar-refractivity contribution in [3.8, 4) is 0 Å². The Hall–Kier alpha value is 1.55. The average Bonchev–Trinajstić information content (AvgIpc) is 1.72. The molecule has 0 aliphatic heterocycles. The van der Waals surface area contributed by atoms with Crippen LogP contribution in [-0.2, 0) is 8.56 Å². The van der Waals surface area contributed by atoms with E-state index in [4.69, 9.17) is 8.56 Å². The van der Waals surface area contributed by atoms with Gasteiger partial charge in [-0.1, -0.05) is 0 Å². The van der Waals surface area contributed by atoms with Crippen LogP contribution in [0, 0.1) is 0 Å². The summed E-state index contributed by atoms with van der Waals surface area (Å²) < 4.78 is 14.4. The average molecular weight is 327 g/mol. The maximum absolute atomic E-state index is 4.81. The molecule has 3 nitrogen and oxygen atoms in total. The molecule has 4 radical (unpaired) electrons. The van der Waals surface area contributed by atoms with Gasteiger partial charge in [0.1, 0.15) is 0 Å². The largest absolute Gasteiger partial charge is 0 e. The summed E-state index contributed by atoms with van der Waals surface area (Å²) in [4.78, 5) is 0. The van der Waals surface area contributed by atoms with Gasteiger partial charge in [0.2, 0.25) is 0 Å². The van der Waals surface area contributed by atoms with E-state index in [9.17, 15) is 0 Å². The summed E-state index contributed by atoms with van der Waals surface area (Å²) >= 11 is -2.26. The molecule has 5 heteroatoms. The first kappa shape index (κ1) is 12.2. The third-order valence-electron chi connectivity index (χ3n) is 0.577. The number of hydrogen-bond donors (Lipinski definition) is 0. The molecule has 0 fully saturated rings. The predicted octanol–water partition coefficient (Wildman–Crippen LogP) is -0.470. The standard InChI is InChI=1S/3CH3O.In.Sn/c3*1-2;;/h3*1H3;;/q3*-1;+3;. The quantitative estimate of drug-likeness (QED) is 0.656. The van der Waals surface area contributed by atoms with E-state index in [1.807, 2.05) is 0 Å². The van der Waals surface area contributed by atoms with Crippen molar-refractivity contribution in [2.75, 3.05) is 21.3 Å². The molecule has 0 aliphatic rings. The van der Waals surface area contributed by atoms with Crippen LogP contribution < -0.4 is 0 Å². The van der Waals surface area contributed by atoms with Gasteiger partial charge in [-0.15, -0.1) is 0 Å². The second kappa shape index (κ2) is 8.55. The fraction of sp³-hybridized carbons (Fsp3) is 1.00. The molecule has 0 saturated carbocycles. The van der Waals surface area contributed by atoms with E-state index in [1.54, 1.807) is 21.3 Å². The van der Waals surface area contributed by atoms with Gasteiger partial charge < -0.3 is 0 Å². The third kappa shape index (κ3) is 5.68. The van der Waals surface area contributed by atoms with Crippen LogP contribution in [0.5, 0.6) is 0 Å². The van der Waals surface area contributed by atoms with E-state index in [1.165, 1.54) is 0 Å². The number of hydrogen-bond acceptors (Lipinski definition) is 3. The van der Waals surface area contributed by atoms with Crippen molar-refractivity contribution in [1.29, 1.82) is 0 Å². The van der Waals surface area contributed by atoms with Gasteiger partial charge in [-0.2, -0.15) is 0 Å². The topological polar surface area (TPSA) is 27.7 Å². The molecule has 0 unspecified atom stereocenters. The van der Waals surface area contributed by atoms with E-state index < -0.39 is 22.7 Å². The molecule has 0 aliphatic carbocycles. The summed E-state index contributed by atoms with van der Waals surface area (Å²) in [7, 11) is 4.81. The molecule has 0 saturated heterocycles. The van der Waals surface area contributed by atoms with Crippen LogP contribution in [0.25, 0.3) is 0 Å². The zero-order valence-corrected chi connectivity index (χ0v) is 11.5.